The first-order chi connectivity index (χ1) is 53.7. The topological polar surface area (TPSA) is 237 Å². The summed E-state index contributed by atoms with van der Waals surface area (Å²) >= 11 is 0. The molecule has 110 heavy (non-hydrogen) atoms. The van der Waals surface area contributed by atoms with Crippen LogP contribution in [0.4, 0.5) is 0 Å². The van der Waals surface area contributed by atoms with Crippen molar-refractivity contribution in [2.45, 2.75) is 277 Å². The minimum Gasteiger partial charge on any atom is -0.462 e. The Balaban J connectivity index is 5.56. The predicted octanol–water partition coefficient (Wildman–Crippen LogP) is 24.2. The van der Waals surface area contributed by atoms with Crippen LogP contribution in [-0.4, -0.2) is 96.7 Å². The molecule has 5 unspecified atom stereocenters. The Labute approximate surface area is 664 Å². The third-order valence-electron chi connectivity index (χ3n) is 15.7. The maximum Gasteiger partial charge on any atom is 0.472 e. The van der Waals surface area contributed by atoms with Crippen molar-refractivity contribution in [1.29, 1.82) is 0 Å². The molecule has 0 aliphatic heterocycles. The average molecular weight is 1570 g/mol. The summed E-state index contributed by atoms with van der Waals surface area (Å²) < 4.78 is 68.4. The van der Waals surface area contributed by atoms with Gasteiger partial charge in [-0.2, -0.15) is 0 Å². The van der Waals surface area contributed by atoms with Gasteiger partial charge in [-0.15, -0.1) is 0 Å². The molecule has 0 fully saturated rings. The van der Waals surface area contributed by atoms with Crippen molar-refractivity contribution >= 4 is 39.5 Å². The van der Waals surface area contributed by atoms with Gasteiger partial charge in [-0.1, -0.05) is 297 Å². The van der Waals surface area contributed by atoms with Gasteiger partial charge in [-0.05, 0) is 167 Å². The Kier molecular flexibility index (Phi) is 75.2. The highest BCUT2D eigenvalue weighted by molar-refractivity contribution is 7.47. The minimum absolute atomic E-state index is 0.0178. The number of ether oxygens (including phenoxy) is 4. The lowest BCUT2D eigenvalue weighted by Gasteiger charge is -2.21. The SMILES string of the molecule is CC/C=C\C/C=C\C/C=C\C/C=C\C/C=C\C/C=C\CCC(=O)OCC(COP(=O)(O)OCC(O)COP(=O)(O)OCC(COC(=O)CCCCCCCC/C=C\C/C=C\C/C=C\C/C=C\CC)OC(=O)C/C=C\C/C=C\C/C=C\C/C=C\C/C=C\CC)OC(=O)CCCCCC/C=C\C/C=C\C/C=C\C/C=C\CC. The zero-order valence-electron chi connectivity index (χ0n) is 67.3. The van der Waals surface area contributed by atoms with E-state index in [-0.39, 0.29) is 25.7 Å². The number of phosphoric ester groups is 2. The monoisotopic (exact) mass is 1570 g/mol. The number of aliphatic hydroxyl groups excluding tert-OH is 1. The molecule has 19 heteroatoms. The fourth-order valence-corrected chi connectivity index (χ4v) is 11.2. The molecule has 0 aromatic heterocycles. The van der Waals surface area contributed by atoms with Crippen LogP contribution in [0.1, 0.15) is 259 Å². The van der Waals surface area contributed by atoms with Gasteiger partial charge in [0.15, 0.2) is 12.2 Å². The Bertz CT molecular complexity index is 3000. The Morgan fingerprint density at radius 1 is 0.264 bits per heavy atom. The number of carbonyl (C=O) groups excluding carboxylic acids is 4. The molecule has 0 aliphatic carbocycles. The highest BCUT2D eigenvalue weighted by atomic mass is 31.2. The van der Waals surface area contributed by atoms with E-state index in [9.17, 15) is 43.2 Å². The second kappa shape index (κ2) is 80.2. The fourth-order valence-electron chi connectivity index (χ4n) is 9.65. The largest absolute Gasteiger partial charge is 0.472 e. The van der Waals surface area contributed by atoms with Gasteiger partial charge in [-0.25, -0.2) is 9.13 Å². The normalized spacial score (nSPS) is 15.0. The number of phosphoric acid groups is 2. The molecule has 0 saturated heterocycles. The zero-order valence-corrected chi connectivity index (χ0v) is 69.1. The molecular formula is C91H140O17P2. The van der Waals surface area contributed by atoms with E-state index in [4.69, 9.17) is 37.0 Å². The molecule has 5 atom stereocenters. The number of hydrogen-bond donors (Lipinski definition) is 3. The maximum atomic E-state index is 13.1. The van der Waals surface area contributed by atoms with Crippen LogP contribution in [0.5, 0.6) is 0 Å². The van der Waals surface area contributed by atoms with Crippen molar-refractivity contribution in [3.8, 4) is 0 Å². The van der Waals surface area contributed by atoms with E-state index in [0.29, 0.717) is 32.1 Å². The van der Waals surface area contributed by atoms with Gasteiger partial charge in [0.2, 0.25) is 0 Å². The van der Waals surface area contributed by atoms with Crippen LogP contribution in [-0.2, 0) is 65.4 Å². The molecule has 0 radical (unpaired) electrons. The number of esters is 4. The smallest absolute Gasteiger partial charge is 0.462 e. The summed E-state index contributed by atoms with van der Waals surface area (Å²) in [5.74, 6) is -2.50. The second-order valence-electron chi connectivity index (χ2n) is 25.8. The number of carbonyl (C=O) groups is 4. The number of aliphatic hydroxyl groups is 1. The Hall–Kier alpha value is -6.88. The molecule has 0 heterocycles. The van der Waals surface area contributed by atoms with Crippen molar-refractivity contribution in [2.75, 3.05) is 39.6 Å². The number of allylic oxidation sites excluding steroid dienone is 37. The molecule has 0 aliphatic rings. The molecule has 0 spiro atoms. The predicted molar refractivity (Wildman–Crippen MR) is 454 cm³/mol. The van der Waals surface area contributed by atoms with E-state index in [1.165, 1.54) is 0 Å². The summed E-state index contributed by atoms with van der Waals surface area (Å²) in [6.45, 7) is 4.13. The molecule has 0 aromatic rings. The highest BCUT2D eigenvalue weighted by Gasteiger charge is 2.30. The van der Waals surface area contributed by atoms with Gasteiger partial charge in [0.25, 0.3) is 0 Å². The van der Waals surface area contributed by atoms with Crippen molar-refractivity contribution in [2.24, 2.45) is 0 Å². The van der Waals surface area contributed by atoms with Crippen molar-refractivity contribution < 1.29 is 80.2 Å². The first-order valence-electron chi connectivity index (χ1n) is 40.6. The fraction of sp³-hybridized carbons (Fsp3) is 0.538. The molecule has 0 bridgehead atoms. The minimum atomic E-state index is -5.03. The van der Waals surface area contributed by atoms with Crippen molar-refractivity contribution in [3.63, 3.8) is 0 Å². The van der Waals surface area contributed by atoms with Crippen molar-refractivity contribution in [1.82, 2.24) is 0 Å². The van der Waals surface area contributed by atoms with Crippen LogP contribution in [0.2, 0.25) is 0 Å². The quantitative estimate of drug-likeness (QED) is 0.0169. The van der Waals surface area contributed by atoms with Gasteiger partial charge in [-0.3, -0.25) is 37.3 Å². The molecule has 0 amide bonds. The van der Waals surface area contributed by atoms with Gasteiger partial charge in [0, 0.05) is 19.3 Å². The van der Waals surface area contributed by atoms with E-state index >= 15 is 0 Å². The van der Waals surface area contributed by atoms with E-state index in [1.807, 2.05) is 30.4 Å². The summed E-state index contributed by atoms with van der Waals surface area (Å²) in [6.07, 6.45) is 104. The summed E-state index contributed by atoms with van der Waals surface area (Å²) in [6, 6.07) is 0. The Morgan fingerprint density at radius 2 is 0.500 bits per heavy atom. The number of hydrogen-bond acceptors (Lipinski definition) is 15. The molecule has 3 N–H and O–H groups in total. The van der Waals surface area contributed by atoms with Crippen LogP contribution in [0, 0.1) is 0 Å². The first-order valence-corrected chi connectivity index (χ1v) is 43.6. The maximum absolute atomic E-state index is 13.1. The molecule has 0 saturated carbocycles. The summed E-state index contributed by atoms with van der Waals surface area (Å²) in [4.78, 5) is 73.1. The molecule has 17 nitrogen and oxygen atoms in total. The van der Waals surface area contributed by atoms with E-state index < -0.39 is 97.5 Å². The second-order valence-corrected chi connectivity index (χ2v) is 28.8. The lowest BCUT2D eigenvalue weighted by atomic mass is 10.1. The summed E-state index contributed by atoms with van der Waals surface area (Å²) in [5.41, 5.74) is 0. The molecule has 0 rings (SSSR count). The number of unbranched alkanes of at least 4 members (excludes halogenated alkanes) is 10. The lowest BCUT2D eigenvalue weighted by molar-refractivity contribution is -0.161. The van der Waals surface area contributed by atoms with E-state index in [2.05, 4.69) is 216 Å². The highest BCUT2D eigenvalue weighted by Crippen LogP contribution is 2.45. The van der Waals surface area contributed by atoms with Gasteiger partial charge in [0.05, 0.1) is 32.8 Å². The van der Waals surface area contributed by atoms with Crippen LogP contribution < -0.4 is 0 Å². The van der Waals surface area contributed by atoms with Crippen molar-refractivity contribution in [3.05, 3.63) is 231 Å². The first kappa shape index (κ1) is 103. The third-order valence-corrected chi connectivity index (χ3v) is 17.6. The van der Waals surface area contributed by atoms with Crippen LogP contribution in [0.15, 0.2) is 231 Å². The lowest BCUT2D eigenvalue weighted by Crippen LogP contribution is -2.30. The zero-order chi connectivity index (χ0) is 80.3. The standard InChI is InChI=1S/C91H140O17P2/c1-5-9-13-17-21-25-29-33-37-40-42-45-48-51-55-59-63-67-71-75-88(93)101-81-86(107-90(95)77-73-69-65-61-57-53-47-36-32-28-24-20-16-12-8-4)83-105-109(97,98)103-79-85(92)80-104-110(99,100)106-84-87(108-91(96)78-74-70-66-62-58-54-50-44-39-35-31-27-23-19-15-11-7-3)82-102-89(94)76-72-68-64-60-56-52-49-46-43-41-38-34-30-26-22-18-14-10-6-2/h9-16,21-28,33-39,42-43,45-47,50,52,54,56-57,61,64,68-69,73,85-87,92H,5-8,17-20,29-32,40-41,44,48-49,51,53,55,58-60,62-63,65-67,70-72,74-84H2,1-4H3,(H,97,98)(H,99,100)/b13-9-,14-10-,15-11-,16-12-,25-21-,26-22-,27-23-,28-24-,37-33-,38-34-,39-35-,45-42-,46-43-,47-36-,54-50-,56-52-,61-57-,68-64-,73-69-. The summed E-state index contributed by atoms with van der Waals surface area (Å²) in [5, 5.41) is 10.7. The van der Waals surface area contributed by atoms with Crippen LogP contribution in [0.25, 0.3) is 0 Å². The Morgan fingerprint density at radius 3 is 0.818 bits per heavy atom. The molecule has 0 aromatic carbocycles. The molecule has 616 valence electrons. The van der Waals surface area contributed by atoms with E-state index in [0.717, 1.165) is 173 Å². The average Bonchev–Trinajstić information content (AvgIpc) is 0.906. The van der Waals surface area contributed by atoms with Gasteiger partial charge >= 0.3 is 39.5 Å². The third kappa shape index (κ3) is 79.2. The van der Waals surface area contributed by atoms with Crippen LogP contribution in [0.3, 0.4) is 0 Å². The van der Waals surface area contributed by atoms with Gasteiger partial charge in [0.1, 0.15) is 19.3 Å². The number of rotatable bonds is 73. The van der Waals surface area contributed by atoms with Gasteiger partial charge < -0.3 is 33.8 Å². The summed E-state index contributed by atoms with van der Waals surface area (Å²) in [7, 11) is -10.1. The van der Waals surface area contributed by atoms with Crippen LogP contribution >= 0.6 is 15.6 Å². The molecular weight excluding hydrogens is 1430 g/mol. The van der Waals surface area contributed by atoms with E-state index in [1.54, 1.807) is 12.2 Å².